The predicted molar refractivity (Wildman–Crippen MR) is 84.2 cm³/mol. The number of rotatable bonds is 4. The Kier molecular flexibility index (Phi) is 4.00. The molecule has 0 unspecified atom stereocenters. The molecule has 0 bridgehead atoms. The van der Waals surface area contributed by atoms with Crippen molar-refractivity contribution in [3.63, 3.8) is 0 Å². The number of nitrogens with zero attached hydrogens (tertiary/aromatic N) is 6. The fourth-order valence-corrected chi connectivity index (χ4v) is 2.05. The molecule has 0 atom stereocenters. The van der Waals surface area contributed by atoms with Gasteiger partial charge in [-0.1, -0.05) is 25.9 Å². The van der Waals surface area contributed by atoms with Gasteiger partial charge in [0.05, 0.1) is 6.54 Å². The fraction of sp³-hybridized carbons (Fsp3) is 0.400. The van der Waals surface area contributed by atoms with Crippen LogP contribution in [0.4, 0.5) is 10.1 Å². The van der Waals surface area contributed by atoms with Crippen LogP contribution in [0.3, 0.4) is 0 Å². The molecule has 0 amide bonds. The molecule has 9 heteroatoms. The third-order valence-corrected chi connectivity index (χ3v) is 3.36. The van der Waals surface area contributed by atoms with E-state index in [1.807, 2.05) is 20.8 Å². The lowest BCUT2D eigenvalue weighted by atomic mass is 9.97. The SMILES string of the molecule is Cc1nnnn1-c1cc(NCc2noc(C(C)(C)C)n2)ccc1F. The van der Waals surface area contributed by atoms with Crippen LogP contribution in [0.15, 0.2) is 22.7 Å². The van der Waals surface area contributed by atoms with Crippen molar-refractivity contribution in [2.45, 2.75) is 39.7 Å². The van der Waals surface area contributed by atoms with E-state index < -0.39 is 5.82 Å². The van der Waals surface area contributed by atoms with Gasteiger partial charge in [0.1, 0.15) is 11.5 Å². The lowest BCUT2D eigenvalue weighted by Crippen LogP contribution is -2.12. The monoisotopic (exact) mass is 331 g/mol. The minimum absolute atomic E-state index is 0.202. The molecule has 3 aromatic rings. The molecule has 2 aromatic heterocycles. The van der Waals surface area contributed by atoms with Crippen LogP contribution in [-0.4, -0.2) is 30.3 Å². The van der Waals surface area contributed by atoms with Crippen molar-refractivity contribution in [1.29, 1.82) is 0 Å². The zero-order valence-electron chi connectivity index (χ0n) is 13.9. The number of halogens is 1. The molecule has 0 aliphatic heterocycles. The highest BCUT2D eigenvalue weighted by Gasteiger charge is 2.21. The molecule has 0 fully saturated rings. The highest BCUT2D eigenvalue weighted by atomic mass is 19.1. The van der Waals surface area contributed by atoms with E-state index in [1.54, 1.807) is 19.1 Å². The van der Waals surface area contributed by atoms with Crippen molar-refractivity contribution >= 4 is 5.69 Å². The molecular weight excluding hydrogens is 313 g/mol. The molecule has 1 aromatic carbocycles. The number of hydrogen-bond acceptors (Lipinski definition) is 7. The summed E-state index contributed by atoms with van der Waals surface area (Å²) in [6.07, 6.45) is 0. The first-order chi connectivity index (χ1) is 11.3. The Labute approximate surface area is 138 Å². The third-order valence-electron chi connectivity index (χ3n) is 3.36. The Morgan fingerprint density at radius 3 is 2.71 bits per heavy atom. The summed E-state index contributed by atoms with van der Waals surface area (Å²) in [6.45, 7) is 8.06. The molecule has 8 nitrogen and oxygen atoms in total. The molecule has 24 heavy (non-hydrogen) atoms. The highest BCUT2D eigenvalue weighted by Crippen LogP contribution is 2.21. The number of tetrazole rings is 1. The normalized spacial score (nSPS) is 11.7. The molecule has 126 valence electrons. The van der Waals surface area contributed by atoms with Gasteiger partial charge in [0.15, 0.2) is 11.6 Å². The molecule has 2 heterocycles. The van der Waals surface area contributed by atoms with E-state index in [9.17, 15) is 4.39 Å². The summed E-state index contributed by atoms with van der Waals surface area (Å²) in [6, 6.07) is 4.61. The summed E-state index contributed by atoms with van der Waals surface area (Å²) in [5.41, 5.74) is 0.765. The van der Waals surface area contributed by atoms with E-state index in [0.29, 0.717) is 29.8 Å². The number of anilines is 1. The van der Waals surface area contributed by atoms with E-state index in [0.717, 1.165) is 0 Å². The summed E-state index contributed by atoms with van der Waals surface area (Å²) < 4.78 is 20.6. The number of nitrogens with one attached hydrogen (secondary N) is 1. The quantitative estimate of drug-likeness (QED) is 0.784. The van der Waals surface area contributed by atoms with Gasteiger partial charge < -0.3 is 9.84 Å². The average molecular weight is 331 g/mol. The molecule has 0 aliphatic rings. The Morgan fingerprint density at radius 2 is 2.08 bits per heavy atom. The van der Waals surface area contributed by atoms with Crippen LogP contribution in [-0.2, 0) is 12.0 Å². The molecule has 0 aliphatic carbocycles. The third kappa shape index (κ3) is 3.24. The summed E-state index contributed by atoms with van der Waals surface area (Å²) in [5, 5.41) is 18.2. The average Bonchev–Trinajstić information content (AvgIpc) is 3.15. The lowest BCUT2D eigenvalue weighted by molar-refractivity contribution is 0.318. The maximum absolute atomic E-state index is 14.0. The lowest BCUT2D eigenvalue weighted by Gasteiger charge is -2.10. The molecule has 0 saturated carbocycles. The Bertz CT molecular complexity index is 850. The molecule has 0 saturated heterocycles. The zero-order valence-corrected chi connectivity index (χ0v) is 13.9. The van der Waals surface area contributed by atoms with Gasteiger partial charge in [0.25, 0.3) is 0 Å². The summed E-state index contributed by atoms with van der Waals surface area (Å²) in [4.78, 5) is 4.35. The van der Waals surface area contributed by atoms with E-state index in [1.165, 1.54) is 10.7 Å². The molecule has 1 N–H and O–H groups in total. The number of hydrogen-bond donors (Lipinski definition) is 1. The van der Waals surface area contributed by atoms with Crippen LogP contribution in [0.2, 0.25) is 0 Å². The molecule has 0 spiro atoms. The maximum atomic E-state index is 14.0. The van der Waals surface area contributed by atoms with Crippen molar-refractivity contribution < 1.29 is 8.91 Å². The second-order valence-electron chi connectivity index (χ2n) is 6.42. The van der Waals surface area contributed by atoms with Crippen molar-refractivity contribution in [2.75, 3.05) is 5.32 Å². The predicted octanol–water partition coefficient (Wildman–Crippen LogP) is 2.40. The van der Waals surface area contributed by atoms with Gasteiger partial charge in [0.2, 0.25) is 5.89 Å². The fourth-order valence-electron chi connectivity index (χ4n) is 2.05. The van der Waals surface area contributed by atoms with E-state index in [4.69, 9.17) is 4.52 Å². The first-order valence-corrected chi connectivity index (χ1v) is 7.46. The molecule has 0 radical (unpaired) electrons. The Hall–Kier alpha value is -2.84. The van der Waals surface area contributed by atoms with Crippen LogP contribution < -0.4 is 5.32 Å². The minimum atomic E-state index is -0.412. The number of aromatic nitrogens is 6. The van der Waals surface area contributed by atoms with Gasteiger partial charge in [0, 0.05) is 11.1 Å². The second-order valence-corrected chi connectivity index (χ2v) is 6.42. The minimum Gasteiger partial charge on any atom is -0.378 e. The second kappa shape index (κ2) is 5.99. The largest absolute Gasteiger partial charge is 0.378 e. The zero-order chi connectivity index (χ0) is 17.3. The van der Waals surface area contributed by atoms with Crippen molar-refractivity contribution in [3.8, 4) is 5.69 Å². The number of benzene rings is 1. The van der Waals surface area contributed by atoms with Gasteiger partial charge in [-0.25, -0.2) is 4.39 Å². The van der Waals surface area contributed by atoms with Crippen LogP contribution in [0, 0.1) is 12.7 Å². The van der Waals surface area contributed by atoms with E-state index >= 15 is 0 Å². The smallest absolute Gasteiger partial charge is 0.232 e. The van der Waals surface area contributed by atoms with Crippen LogP contribution in [0.1, 0.15) is 38.3 Å². The van der Waals surface area contributed by atoms with Crippen molar-refractivity contribution in [1.82, 2.24) is 30.3 Å². The standard InChI is InChI=1S/C15H18FN7O/c1-9-19-21-22-23(9)12-7-10(5-6-11(12)16)17-8-13-18-14(24-20-13)15(2,3)4/h5-7,17H,8H2,1-4H3. The van der Waals surface area contributed by atoms with Crippen LogP contribution in [0.25, 0.3) is 5.69 Å². The van der Waals surface area contributed by atoms with Gasteiger partial charge in [-0.15, -0.1) is 5.10 Å². The van der Waals surface area contributed by atoms with Gasteiger partial charge in [-0.05, 0) is 35.5 Å². The Balaban J connectivity index is 1.77. The van der Waals surface area contributed by atoms with Crippen molar-refractivity contribution in [3.05, 3.63) is 41.6 Å². The van der Waals surface area contributed by atoms with Crippen molar-refractivity contribution in [2.24, 2.45) is 0 Å². The number of aryl methyl sites for hydroxylation is 1. The first kappa shape index (κ1) is 16.0. The topological polar surface area (TPSA) is 94.6 Å². The summed E-state index contributed by atoms with van der Waals surface area (Å²) >= 11 is 0. The van der Waals surface area contributed by atoms with E-state index in [-0.39, 0.29) is 11.1 Å². The highest BCUT2D eigenvalue weighted by molar-refractivity contribution is 5.51. The first-order valence-electron chi connectivity index (χ1n) is 7.46. The van der Waals surface area contributed by atoms with Gasteiger partial charge in [-0.3, -0.25) is 0 Å². The summed E-state index contributed by atoms with van der Waals surface area (Å²) in [7, 11) is 0. The van der Waals surface area contributed by atoms with Gasteiger partial charge >= 0.3 is 0 Å². The van der Waals surface area contributed by atoms with Crippen LogP contribution >= 0.6 is 0 Å². The van der Waals surface area contributed by atoms with Crippen LogP contribution in [0.5, 0.6) is 0 Å². The Morgan fingerprint density at radius 1 is 1.29 bits per heavy atom. The van der Waals surface area contributed by atoms with Gasteiger partial charge in [-0.2, -0.15) is 9.67 Å². The molecule has 3 rings (SSSR count). The molecular formula is C15H18FN7O. The van der Waals surface area contributed by atoms with E-state index in [2.05, 4.69) is 31.0 Å². The maximum Gasteiger partial charge on any atom is 0.232 e. The summed E-state index contributed by atoms with van der Waals surface area (Å²) in [5.74, 6) is 1.19.